The van der Waals surface area contributed by atoms with Crippen molar-refractivity contribution in [2.24, 2.45) is 0 Å². The van der Waals surface area contributed by atoms with Gasteiger partial charge in [-0.1, -0.05) is 0 Å². The summed E-state index contributed by atoms with van der Waals surface area (Å²) in [4.78, 5) is 4.13. The van der Waals surface area contributed by atoms with Crippen molar-refractivity contribution >= 4 is 21.6 Å². The van der Waals surface area contributed by atoms with Gasteiger partial charge >= 0.3 is 0 Å². The summed E-state index contributed by atoms with van der Waals surface area (Å²) in [6.45, 7) is 5.53. The molecule has 1 aromatic rings. The fraction of sp³-hybridized carbons (Fsp3) is 0.500. The number of hydrogen-bond donors (Lipinski definition) is 1. The van der Waals surface area contributed by atoms with Gasteiger partial charge in [0.15, 0.2) is 0 Å². The summed E-state index contributed by atoms with van der Waals surface area (Å²) < 4.78 is 6.15. The third kappa shape index (κ3) is 3.64. The van der Waals surface area contributed by atoms with Crippen LogP contribution in [0.25, 0.3) is 0 Å². The molecule has 0 radical (unpaired) electrons. The Morgan fingerprint density at radius 1 is 1.64 bits per heavy atom. The highest BCUT2D eigenvalue weighted by Crippen LogP contribution is 2.18. The minimum atomic E-state index is 0.287. The summed E-state index contributed by atoms with van der Waals surface area (Å²) in [6, 6.07) is 4.18. The number of anilines is 1. The standard InChI is InChI=1S/C10H15BrN2O/c1-3-14-7-8(2)13-9-5-4-6-12-10(9)11/h4-6,8,13H,3,7H2,1-2H3. The zero-order valence-corrected chi connectivity index (χ0v) is 10.0. The van der Waals surface area contributed by atoms with Gasteiger partial charge in [0.25, 0.3) is 0 Å². The Labute approximate surface area is 93.0 Å². The topological polar surface area (TPSA) is 34.1 Å². The maximum absolute atomic E-state index is 5.31. The summed E-state index contributed by atoms with van der Waals surface area (Å²) in [6.07, 6.45) is 1.75. The molecule has 0 aliphatic heterocycles. The van der Waals surface area contributed by atoms with E-state index >= 15 is 0 Å². The first-order valence-electron chi connectivity index (χ1n) is 4.68. The molecule has 0 amide bonds. The first kappa shape index (κ1) is 11.5. The van der Waals surface area contributed by atoms with Crippen LogP contribution in [0.1, 0.15) is 13.8 Å². The predicted octanol–water partition coefficient (Wildman–Crippen LogP) is 2.68. The van der Waals surface area contributed by atoms with Crippen LogP contribution >= 0.6 is 15.9 Å². The van der Waals surface area contributed by atoms with Crippen LogP contribution in [0.15, 0.2) is 22.9 Å². The largest absolute Gasteiger partial charge is 0.380 e. The number of pyridine rings is 1. The van der Waals surface area contributed by atoms with Crippen LogP contribution in [-0.4, -0.2) is 24.2 Å². The molecular formula is C10H15BrN2O. The highest BCUT2D eigenvalue weighted by molar-refractivity contribution is 9.10. The molecule has 4 heteroatoms. The molecule has 1 aromatic heterocycles. The summed E-state index contributed by atoms with van der Waals surface area (Å²) in [5.41, 5.74) is 1.000. The number of hydrogen-bond acceptors (Lipinski definition) is 3. The normalized spacial score (nSPS) is 12.5. The molecule has 78 valence electrons. The molecule has 1 N–H and O–H groups in total. The Bertz CT molecular complexity index is 281. The van der Waals surface area contributed by atoms with Gasteiger partial charge in [0.1, 0.15) is 4.60 Å². The van der Waals surface area contributed by atoms with Crippen molar-refractivity contribution < 1.29 is 4.74 Å². The van der Waals surface area contributed by atoms with Gasteiger partial charge in [0.05, 0.1) is 12.3 Å². The molecule has 14 heavy (non-hydrogen) atoms. The van der Waals surface area contributed by atoms with Crippen molar-refractivity contribution in [2.75, 3.05) is 18.5 Å². The van der Waals surface area contributed by atoms with Gasteiger partial charge in [0.2, 0.25) is 0 Å². The van der Waals surface area contributed by atoms with Gasteiger partial charge in [-0.2, -0.15) is 0 Å². The quantitative estimate of drug-likeness (QED) is 0.825. The van der Waals surface area contributed by atoms with Crippen LogP contribution in [0.2, 0.25) is 0 Å². The lowest BCUT2D eigenvalue weighted by molar-refractivity contribution is 0.141. The van der Waals surface area contributed by atoms with Crippen molar-refractivity contribution in [2.45, 2.75) is 19.9 Å². The summed E-state index contributed by atoms with van der Waals surface area (Å²) >= 11 is 3.38. The Hall–Kier alpha value is -0.610. The van der Waals surface area contributed by atoms with Gasteiger partial charge in [0, 0.05) is 18.8 Å². The summed E-state index contributed by atoms with van der Waals surface area (Å²) in [7, 11) is 0. The molecule has 0 spiro atoms. The van der Waals surface area contributed by atoms with Crippen molar-refractivity contribution in [3.8, 4) is 0 Å². The zero-order chi connectivity index (χ0) is 10.4. The van der Waals surface area contributed by atoms with Gasteiger partial charge in [-0.25, -0.2) is 4.98 Å². The number of rotatable bonds is 5. The van der Waals surface area contributed by atoms with Crippen molar-refractivity contribution in [3.63, 3.8) is 0 Å². The number of halogens is 1. The van der Waals surface area contributed by atoms with Crippen LogP contribution in [0.5, 0.6) is 0 Å². The van der Waals surface area contributed by atoms with Gasteiger partial charge in [-0.05, 0) is 41.9 Å². The van der Waals surface area contributed by atoms with Crippen molar-refractivity contribution in [1.82, 2.24) is 4.98 Å². The van der Waals surface area contributed by atoms with E-state index in [1.807, 2.05) is 19.1 Å². The maximum Gasteiger partial charge on any atom is 0.129 e. The van der Waals surface area contributed by atoms with Gasteiger partial charge in [-0.15, -0.1) is 0 Å². The van der Waals surface area contributed by atoms with E-state index in [0.717, 1.165) is 16.9 Å². The minimum absolute atomic E-state index is 0.287. The highest BCUT2D eigenvalue weighted by Gasteiger charge is 2.04. The van der Waals surface area contributed by atoms with E-state index < -0.39 is 0 Å². The Balaban J connectivity index is 2.47. The molecule has 1 unspecified atom stereocenters. The Morgan fingerprint density at radius 2 is 2.43 bits per heavy atom. The number of aromatic nitrogens is 1. The molecule has 0 fully saturated rings. The SMILES string of the molecule is CCOCC(C)Nc1cccnc1Br. The van der Waals surface area contributed by atoms with E-state index in [-0.39, 0.29) is 6.04 Å². The molecule has 0 bridgehead atoms. The molecule has 0 saturated carbocycles. The van der Waals surface area contributed by atoms with E-state index in [1.54, 1.807) is 6.20 Å². The molecular weight excluding hydrogens is 244 g/mol. The molecule has 1 heterocycles. The second-order valence-electron chi connectivity index (χ2n) is 3.05. The summed E-state index contributed by atoms with van der Waals surface area (Å²) in [5.74, 6) is 0. The van der Waals surface area contributed by atoms with E-state index in [2.05, 4.69) is 33.2 Å². The van der Waals surface area contributed by atoms with E-state index in [1.165, 1.54) is 0 Å². The molecule has 1 rings (SSSR count). The maximum atomic E-state index is 5.31. The van der Waals surface area contributed by atoms with Crippen molar-refractivity contribution in [3.05, 3.63) is 22.9 Å². The molecule has 3 nitrogen and oxygen atoms in total. The monoisotopic (exact) mass is 258 g/mol. The molecule has 0 aliphatic rings. The fourth-order valence-electron chi connectivity index (χ4n) is 1.10. The van der Waals surface area contributed by atoms with Gasteiger partial charge < -0.3 is 10.1 Å². The molecule has 0 aromatic carbocycles. The number of nitrogens with one attached hydrogen (secondary N) is 1. The van der Waals surface area contributed by atoms with E-state index in [9.17, 15) is 0 Å². The predicted molar refractivity (Wildman–Crippen MR) is 61.5 cm³/mol. The van der Waals surface area contributed by atoms with Crippen LogP contribution in [0, 0.1) is 0 Å². The first-order chi connectivity index (χ1) is 6.74. The van der Waals surface area contributed by atoms with E-state index in [4.69, 9.17) is 4.74 Å². The molecule has 1 atom stereocenters. The second kappa shape index (κ2) is 5.98. The van der Waals surface area contributed by atoms with E-state index in [0.29, 0.717) is 6.61 Å². The number of nitrogens with zero attached hydrogens (tertiary/aromatic N) is 1. The van der Waals surface area contributed by atoms with Crippen LogP contribution in [0.4, 0.5) is 5.69 Å². The smallest absolute Gasteiger partial charge is 0.129 e. The highest BCUT2D eigenvalue weighted by atomic mass is 79.9. The average molecular weight is 259 g/mol. The first-order valence-corrected chi connectivity index (χ1v) is 5.48. The zero-order valence-electron chi connectivity index (χ0n) is 8.46. The lowest BCUT2D eigenvalue weighted by atomic mass is 10.3. The molecule has 0 saturated heterocycles. The fourth-order valence-corrected chi connectivity index (χ4v) is 1.46. The third-order valence-corrected chi connectivity index (χ3v) is 2.36. The van der Waals surface area contributed by atoms with Crippen LogP contribution in [0.3, 0.4) is 0 Å². The number of ether oxygens (including phenoxy) is 1. The lowest BCUT2D eigenvalue weighted by Crippen LogP contribution is -2.21. The second-order valence-corrected chi connectivity index (χ2v) is 3.80. The van der Waals surface area contributed by atoms with Crippen LogP contribution < -0.4 is 5.32 Å². The van der Waals surface area contributed by atoms with Gasteiger partial charge in [-0.3, -0.25) is 0 Å². The average Bonchev–Trinajstić information content (AvgIpc) is 2.18. The Kier molecular flexibility index (Phi) is 4.90. The Morgan fingerprint density at radius 3 is 3.07 bits per heavy atom. The third-order valence-electron chi connectivity index (χ3n) is 1.73. The molecule has 0 aliphatic carbocycles. The lowest BCUT2D eigenvalue weighted by Gasteiger charge is -2.15. The summed E-state index contributed by atoms with van der Waals surface area (Å²) in [5, 5.41) is 3.31. The van der Waals surface area contributed by atoms with Crippen molar-refractivity contribution in [1.29, 1.82) is 0 Å². The minimum Gasteiger partial charge on any atom is -0.380 e. The van der Waals surface area contributed by atoms with Crippen LogP contribution in [-0.2, 0) is 4.74 Å².